The minimum absolute atomic E-state index is 0.0492. The highest BCUT2D eigenvalue weighted by atomic mass is 19.1. The van der Waals surface area contributed by atoms with Crippen molar-refractivity contribution in [1.82, 2.24) is 9.88 Å². The normalized spacial score (nSPS) is 16.2. The van der Waals surface area contributed by atoms with Crippen LogP contribution in [0.1, 0.15) is 69.1 Å². The molecule has 0 saturated carbocycles. The molecule has 0 aliphatic carbocycles. The van der Waals surface area contributed by atoms with Crippen molar-refractivity contribution in [2.75, 3.05) is 25.0 Å². The van der Waals surface area contributed by atoms with Crippen LogP contribution in [0.3, 0.4) is 0 Å². The van der Waals surface area contributed by atoms with E-state index in [4.69, 9.17) is 4.74 Å². The first kappa shape index (κ1) is 32.1. The Balaban J connectivity index is 1.44. The quantitative estimate of drug-likeness (QED) is 0.261. The van der Waals surface area contributed by atoms with E-state index in [1.165, 1.54) is 30.5 Å². The van der Waals surface area contributed by atoms with Crippen LogP contribution in [0.5, 0.6) is 0 Å². The number of ether oxygens (including phenoxy) is 1. The summed E-state index contributed by atoms with van der Waals surface area (Å²) in [6, 6.07) is 8.29. The summed E-state index contributed by atoms with van der Waals surface area (Å²) in [6.07, 6.45) is 3.71. The van der Waals surface area contributed by atoms with Crippen molar-refractivity contribution in [2.45, 2.75) is 64.9 Å². The van der Waals surface area contributed by atoms with Crippen LogP contribution in [0.4, 0.5) is 23.2 Å². The summed E-state index contributed by atoms with van der Waals surface area (Å²) in [5.74, 6) is -3.98. The molecular weight excluding hydrogens is 562 g/mol. The Labute approximate surface area is 249 Å². The highest BCUT2D eigenvalue weighted by Gasteiger charge is 2.26. The van der Waals surface area contributed by atoms with Gasteiger partial charge in [-0.05, 0) is 60.1 Å². The van der Waals surface area contributed by atoms with E-state index in [-0.39, 0.29) is 47.1 Å². The maximum Gasteiger partial charge on any atom is 0.225 e. The number of hydrogen-bond acceptors (Lipinski definition) is 4. The van der Waals surface area contributed by atoms with Gasteiger partial charge in [0.25, 0.3) is 0 Å². The second-order valence-electron chi connectivity index (χ2n) is 12.1. The number of pyridine rings is 1. The highest BCUT2D eigenvalue weighted by molar-refractivity contribution is 5.92. The zero-order valence-corrected chi connectivity index (χ0v) is 24.6. The van der Waals surface area contributed by atoms with Crippen LogP contribution >= 0.6 is 0 Å². The summed E-state index contributed by atoms with van der Waals surface area (Å²) in [6.45, 7) is 7.57. The Hall–Kier alpha value is -3.79. The lowest BCUT2D eigenvalue weighted by atomic mass is 9.88. The van der Waals surface area contributed by atoms with Crippen LogP contribution in [-0.2, 0) is 20.7 Å². The lowest BCUT2D eigenvalue weighted by Gasteiger charge is -2.34. The summed E-state index contributed by atoms with van der Waals surface area (Å²) in [4.78, 5) is 31.6. The Kier molecular flexibility index (Phi) is 10.6. The second-order valence-corrected chi connectivity index (χ2v) is 12.1. The molecule has 2 heterocycles. The van der Waals surface area contributed by atoms with Gasteiger partial charge in [-0.25, -0.2) is 17.6 Å². The number of rotatable bonds is 10. The molecule has 4 rings (SSSR count). The third kappa shape index (κ3) is 9.35. The summed E-state index contributed by atoms with van der Waals surface area (Å²) in [5, 5.41) is 2.70. The fourth-order valence-electron chi connectivity index (χ4n) is 5.18. The van der Waals surface area contributed by atoms with E-state index in [0.29, 0.717) is 38.1 Å². The van der Waals surface area contributed by atoms with Gasteiger partial charge < -0.3 is 15.0 Å². The second kappa shape index (κ2) is 14.1. The minimum atomic E-state index is -0.807. The van der Waals surface area contributed by atoms with Gasteiger partial charge in [0.1, 0.15) is 23.3 Å². The average Bonchev–Trinajstić information content (AvgIpc) is 2.94. The van der Waals surface area contributed by atoms with Crippen LogP contribution in [0, 0.1) is 28.7 Å². The number of carbonyl (C=O) groups excluding carboxylic acids is 2. The van der Waals surface area contributed by atoms with Crippen molar-refractivity contribution >= 4 is 17.5 Å². The number of aromatic nitrogens is 1. The summed E-state index contributed by atoms with van der Waals surface area (Å²) in [7, 11) is 0. The van der Waals surface area contributed by atoms with Gasteiger partial charge in [-0.1, -0.05) is 32.9 Å². The van der Waals surface area contributed by atoms with Gasteiger partial charge in [0.05, 0.1) is 30.8 Å². The topological polar surface area (TPSA) is 71.5 Å². The molecule has 230 valence electrons. The van der Waals surface area contributed by atoms with Crippen molar-refractivity contribution in [3.8, 4) is 0 Å². The number of nitrogens with zero attached hydrogens (tertiary/aromatic N) is 2. The molecule has 2 amide bonds. The fraction of sp³-hybridized carbons (Fsp3) is 0.424. The van der Waals surface area contributed by atoms with E-state index < -0.39 is 35.1 Å². The molecule has 0 spiro atoms. The van der Waals surface area contributed by atoms with Crippen molar-refractivity contribution in [2.24, 2.45) is 5.41 Å². The number of halogens is 4. The number of benzene rings is 2. The van der Waals surface area contributed by atoms with Crippen molar-refractivity contribution in [3.05, 3.63) is 94.8 Å². The van der Waals surface area contributed by atoms with E-state index in [9.17, 15) is 27.2 Å². The van der Waals surface area contributed by atoms with Crippen molar-refractivity contribution in [1.29, 1.82) is 0 Å². The fourth-order valence-corrected chi connectivity index (χ4v) is 5.18. The molecule has 10 heteroatoms. The van der Waals surface area contributed by atoms with E-state index in [2.05, 4.69) is 31.1 Å². The van der Waals surface area contributed by atoms with Crippen LogP contribution in [0.25, 0.3) is 0 Å². The minimum Gasteiger partial charge on any atom is -0.375 e. The maximum atomic E-state index is 15.0. The van der Waals surface area contributed by atoms with Gasteiger partial charge >= 0.3 is 0 Å². The third-order valence-corrected chi connectivity index (χ3v) is 7.52. The molecule has 1 aliphatic heterocycles. The predicted molar refractivity (Wildman–Crippen MR) is 155 cm³/mol. The van der Waals surface area contributed by atoms with Gasteiger partial charge in [-0.15, -0.1) is 0 Å². The molecule has 1 fully saturated rings. The Morgan fingerprint density at radius 3 is 2.37 bits per heavy atom. The Morgan fingerprint density at radius 1 is 1.00 bits per heavy atom. The van der Waals surface area contributed by atoms with Crippen LogP contribution in [0.2, 0.25) is 0 Å². The van der Waals surface area contributed by atoms with E-state index in [1.54, 1.807) is 4.90 Å². The largest absolute Gasteiger partial charge is 0.375 e. The van der Waals surface area contributed by atoms with Gasteiger partial charge in [0.2, 0.25) is 11.8 Å². The number of hydrogen-bond donors (Lipinski definition) is 1. The van der Waals surface area contributed by atoms with Gasteiger partial charge in [0, 0.05) is 43.5 Å². The molecule has 1 N–H and O–H groups in total. The third-order valence-electron chi connectivity index (χ3n) is 7.52. The molecule has 2 aromatic carbocycles. The summed E-state index contributed by atoms with van der Waals surface area (Å²) < 4.78 is 62.5. The zero-order chi connectivity index (χ0) is 31.1. The number of morpholine rings is 1. The zero-order valence-electron chi connectivity index (χ0n) is 24.6. The Bertz CT molecular complexity index is 1410. The average molecular weight is 600 g/mol. The molecule has 6 nitrogen and oxygen atoms in total. The lowest BCUT2D eigenvalue weighted by molar-refractivity contribution is -0.139. The molecule has 1 aliphatic rings. The molecule has 0 bridgehead atoms. The molecule has 1 aromatic heterocycles. The molecule has 2 atom stereocenters. The standard InChI is InChI=1S/C33H37F4N3O3/c1-33(2,3)11-10-32(42)40-12-13-43-26(20-40)8-9-27-29(37)18-38-19-30(27)39-31(41)17-28(21-4-6-23(34)7-5-21)22-14-24(35)16-25(36)15-22/h4-7,14-16,18-19,26,28H,8-13,17,20H2,1-3H3,(H,39,41)/t26-,28+/m1/s1. The summed E-state index contributed by atoms with van der Waals surface area (Å²) in [5.41, 5.74) is 1.14. The van der Waals surface area contributed by atoms with Crippen LogP contribution in [-0.4, -0.2) is 47.5 Å². The molecule has 3 aromatic rings. The van der Waals surface area contributed by atoms with Crippen LogP contribution < -0.4 is 5.32 Å². The molecule has 0 unspecified atom stereocenters. The predicted octanol–water partition coefficient (Wildman–Crippen LogP) is 6.79. The number of amides is 2. The van der Waals surface area contributed by atoms with Gasteiger partial charge in [-0.2, -0.15) is 0 Å². The van der Waals surface area contributed by atoms with E-state index >= 15 is 0 Å². The molecule has 43 heavy (non-hydrogen) atoms. The highest BCUT2D eigenvalue weighted by Crippen LogP contribution is 2.31. The van der Waals surface area contributed by atoms with Gasteiger partial charge in [0.15, 0.2) is 0 Å². The molecule has 0 radical (unpaired) electrons. The first-order chi connectivity index (χ1) is 20.4. The lowest BCUT2D eigenvalue weighted by Crippen LogP contribution is -2.45. The number of carbonyl (C=O) groups is 2. The number of anilines is 1. The Morgan fingerprint density at radius 2 is 1.70 bits per heavy atom. The maximum absolute atomic E-state index is 15.0. The summed E-state index contributed by atoms with van der Waals surface area (Å²) >= 11 is 0. The SMILES string of the molecule is CC(C)(C)CCC(=O)N1CCO[C@H](CCc2c(F)cncc2NC(=O)C[C@@H](c2ccc(F)cc2)c2cc(F)cc(F)c2)C1. The van der Waals surface area contributed by atoms with E-state index in [0.717, 1.165) is 30.8 Å². The molecule has 1 saturated heterocycles. The van der Waals surface area contributed by atoms with Crippen molar-refractivity contribution < 1.29 is 31.9 Å². The smallest absolute Gasteiger partial charge is 0.225 e. The van der Waals surface area contributed by atoms with Crippen molar-refractivity contribution in [3.63, 3.8) is 0 Å². The number of nitrogens with one attached hydrogen (secondary N) is 1. The van der Waals surface area contributed by atoms with E-state index in [1.807, 2.05) is 0 Å². The molecular formula is C33H37F4N3O3. The first-order valence-corrected chi connectivity index (χ1v) is 14.4. The monoisotopic (exact) mass is 599 g/mol. The van der Waals surface area contributed by atoms with Crippen LogP contribution in [0.15, 0.2) is 54.9 Å². The van der Waals surface area contributed by atoms with Gasteiger partial charge in [-0.3, -0.25) is 14.6 Å². The first-order valence-electron chi connectivity index (χ1n) is 14.4.